The number of benzene rings is 1. The number of aryl methyl sites for hydroxylation is 1. The van der Waals surface area contributed by atoms with E-state index in [1.807, 2.05) is 0 Å². The molecule has 0 saturated heterocycles. The highest BCUT2D eigenvalue weighted by atomic mass is 35.5. The number of aromatic nitrogens is 2. The fourth-order valence-electron chi connectivity index (χ4n) is 1.98. The van der Waals surface area contributed by atoms with E-state index in [1.54, 1.807) is 20.8 Å². The maximum Gasteiger partial charge on any atom is 0.272 e. The van der Waals surface area contributed by atoms with Gasteiger partial charge in [-0.05, 0) is 20.8 Å². The predicted molar refractivity (Wildman–Crippen MR) is 83.3 cm³/mol. The van der Waals surface area contributed by atoms with Gasteiger partial charge in [0.1, 0.15) is 22.2 Å². The van der Waals surface area contributed by atoms with Gasteiger partial charge in [0.2, 0.25) is 0 Å². The molecule has 8 heteroatoms. The number of imidazole rings is 1. The summed E-state index contributed by atoms with van der Waals surface area (Å²) in [4.78, 5) is 3.94. The molecule has 120 valence electrons. The zero-order valence-corrected chi connectivity index (χ0v) is 14.1. The molecule has 0 fully saturated rings. The van der Waals surface area contributed by atoms with Crippen LogP contribution in [0.3, 0.4) is 0 Å². The summed E-state index contributed by atoms with van der Waals surface area (Å²) in [5, 5.41) is 0.298. The molecular formula is C14H17ClN2O4S. The van der Waals surface area contributed by atoms with Crippen molar-refractivity contribution >= 4 is 21.6 Å². The van der Waals surface area contributed by atoms with Crippen molar-refractivity contribution in [3.63, 3.8) is 0 Å². The molecule has 0 unspecified atom stereocenters. The Morgan fingerprint density at radius 1 is 1.18 bits per heavy atom. The topological polar surface area (TPSA) is 70.4 Å². The van der Waals surface area contributed by atoms with Crippen LogP contribution in [0.2, 0.25) is 5.02 Å². The lowest BCUT2D eigenvalue weighted by Crippen LogP contribution is -2.15. The van der Waals surface area contributed by atoms with E-state index in [0.717, 1.165) is 3.97 Å². The quantitative estimate of drug-likeness (QED) is 0.805. The Kier molecular flexibility index (Phi) is 4.97. The van der Waals surface area contributed by atoms with Crippen molar-refractivity contribution in [1.29, 1.82) is 0 Å². The molecule has 1 aromatic carbocycles. The number of hydrogen-bond acceptors (Lipinski definition) is 5. The van der Waals surface area contributed by atoms with E-state index in [4.69, 9.17) is 21.1 Å². The van der Waals surface area contributed by atoms with Crippen molar-refractivity contribution in [2.24, 2.45) is 0 Å². The Morgan fingerprint density at radius 2 is 1.82 bits per heavy atom. The van der Waals surface area contributed by atoms with E-state index in [0.29, 0.717) is 29.8 Å². The predicted octanol–water partition coefficient (Wildman–Crippen LogP) is 2.88. The third-order valence-electron chi connectivity index (χ3n) is 2.92. The van der Waals surface area contributed by atoms with Gasteiger partial charge in [-0.25, -0.2) is 17.4 Å². The molecule has 0 atom stereocenters. The fourth-order valence-corrected chi connectivity index (χ4v) is 3.64. The van der Waals surface area contributed by atoms with Crippen molar-refractivity contribution in [2.75, 3.05) is 13.2 Å². The number of nitrogens with zero attached hydrogens (tertiary/aromatic N) is 2. The molecule has 0 bridgehead atoms. The first-order valence-electron chi connectivity index (χ1n) is 6.76. The molecule has 1 aromatic heterocycles. The molecule has 0 spiro atoms. The average molecular weight is 345 g/mol. The van der Waals surface area contributed by atoms with E-state index in [1.165, 1.54) is 24.5 Å². The first kappa shape index (κ1) is 16.6. The number of ether oxygens (including phenoxy) is 2. The molecule has 0 aliphatic heterocycles. The summed E-state index contributed by atoms with van der Waals surface area (Å²) in [6, 6.07) is 2.83. The fraction of sp³-hybridized carbons (Fsp3) is 0.357. The van der Waals surface area contributed by atoms with Crippen molar-refractivity contribution in [2.45, 2.75) is 25.7 Å². The molecule has 0 amide bonds. The van der Waals surface area contributed by atoms with Crippen molar-refractivity contribution in [3.05, 3.63) is 35.4 Å². The van der Waals surface area contributed by atoms with Crippen LogP contribution in [0, 0.1) is 6.92 Å². The second-order valence-electron chi connectivity index (χ2n) is 4.37. The summed E-state index contributed by atoms with van der Waals surface area (Å²) in [6.07, 6.45) is 2.81. The summed E-state index contributed by atoms with van der Waals surface area (Å²) in [5.74, 6) is 0.836. The Bertz CT molecular complexity index is 771. The van der Waals surface area contributed by atoms with Gasteiger partial charge in [0, 0.05) is 24.5 Å². The summed E-state index contributed by atoms with van der Waals surface area (Å²) >= 11 is 6.10. The van der Waals surface area contributed by atoms with E-state index in [2.05, 4.69) is 4.98 Å². The molecule has 0 aliphatic rings. The number of halogens is 1. The second kappa shape index (κ2) is 6.58. The van der Waals surface area contributed by atoms with Crippen LogP contribution in [0.4, 0.5) is 0 Å². The van der Waals surface area contributed by atoms with Gasteiger partial charge in [0.25, 0.3) is 10.0 Å². The molecule has 0 aliphatic carbocycles. The van der Waals surface area contributed by atoms with Gasteiger partial charge in [-0.15, -0.1) is 0 Å². The van der Waals surface area contributed by atoms with Crippen LogP contribution in [-0.2, 0) is 10.0 Å². The van der Waals surface area contributed by atoms with E-state index >= 15 is 0 Å². The SMILES string of the molecule is CCOc1cc(S(=O)(=O)n2ccnc2C)c(OCC)cc1Cl. The van der Waals surface area contributed by atoms with Gasteiger partial charge in [0.05, 0.1) is 18.2 Å². The summed E-state index contributed by atoms with van der Waals surface area (Å²) in [5.41, 5.74) is 0. The van der Waals surface area contributed by atoms with Gasteiger partial charge in [-0.2, -0.15) is 0 Å². The molecule has 1 heterocycles. The third kappa shape index (κ3) is 3.05. The van der Waals surface area contributed by atoms with Gasteiger partial charge >= 0.3 is 0 Å². The number of hydrogen-bond donors (Lipinski definition) is 0. The smallest absolute Gasteiger partial charge is 0.272 e. The lowest BCUT2D eigenvalue weighted by atomic mass is 10.3. The molecule has 2 aromatic rings. The van der Waals surface area contributed by atoms with Crippen molar-refractivity contribution < 1.29 is 17.9 Å². The molecular weight excluding hydrogens is 328 g/mol. The lowest BCUT2D eigenvalue weighted by Gasteiger charge is -2.15. The molecule has 0 radical (unpaired) electrons. The molecule has 0 N–H and O–H groups in total. The monoisotopic (exact) mass is 344 g/mol. The van der Waals surface area contributed by atoms with Crippen LogP contribution >= 0.6 is 11.6 Å². The third-order valence-corrected chi connectivity index (χ3v) is 4.99. The molecule has 6 nitrogen and oxygen atoms in total. The molecule has 22 heavy (non-hydrogen) atoms. The Hall–Kier alpha value is -1.73. The maximum atomic E-state index is 12.8. The second-order valence-corrected chi connectivity index (χ2v) is 6.56. The highest BCUT2D eigenvalue weighted by Crippen LogP contribution is 2.36. The Balaban J connectivity index is 2.66. The minimum atomic E-state index is -3.85. The van der Waals surface area contributed by atoms with Crippen LogP contribution < -0.4 is 9.47 Å². The average Bonchev–Trinajstić information content (AvgIpc) is 2.89. The van der Waals surface area contributed by atoms with Gasteiger partial charge in [-0.3, -0.25) is 0 Å². The zero-order valence-electron chi connectivity index (χ0n) is 12.5. The van der Waals surface area contributed by atoms with Crippen LogP contribution in [0.1, 0.15) is 19.7 Å². The Morgan fingerprint density at radius 3 is 2.36 bits per heavy atom. The standard InChI is InChI=1S/C14H17ClN2O4S/c1-4-20-12-9-14(13(21-5-2)8-11(12)15)22(18,19)17-7-6-16-10(17)3/h6-9H,4-5H2,1-3H3. The number of rotatable bonds is 6. The molecule has 2 rings (SSSR count). The normalized spacial score (nSPS) is 11.5. The Labute approximate surface area is 134 Å². The summed E-state index contributed by atoms with van der Waals surface area (Å²) < 4.78 is 37.5. The minimum absolute atomic E-state index is 0.0108. The van der Waals surface area contributed by atoms with E-state index < -0.39 is 10.0 Å². The maximum absolute atomic E-state index is 12.8. The molecule has 0 saturated carbocycles. The first-order chi connectivity index (χ1) is 10.4. The largest absolute Gasteiger partial charge is 0.492 e. The van der Waals surface area contributed by atoms with Gasteiger partial charge < -0.3 is 9.47 Å². The minimum Gasteiger partial charge on any atom is -0.492 e. The summed E-state index contributed by atoms with van der Waals surface area (Å²) in [7, 11) is -3.85. The highest BCUT2D eigenvalue weighted by Gasteiger charge is 2.25. The van der Waals surface area contributed by atoms with E-state index in [-0.39, 0.29) is 10.6 Å². The van der Waals surface area contributed by atoms with Gasteiger partial charge in [-0.1, -0.05) is 11.6 Å². The first-order valence-corrected chi connectivity index (χ1v) is 8.58. The summed E-state index contributed by atoms with van der Waals surface area (Å²) in [6.45, 7) is 5.86. The van der Waals surface area contributed by atoms with Crippen molar-refractivity contribution in [1.82, 2.24) is 8.96 Å². The van der Waals surface area contributed by atoms with Crippen LogP contribution in [0.15, 0.2) is 29.4 Å². The lowest BCUT2D eigenvalue weighted by molar-refractivity contribution is 0.322. The highest BCUT2D eigenvalue weighted by molar-refractivity contribution is 7.90. The van der Waals surface area contributed by atoms with E-state index in [9.17, 15) is 8.42 Å². The zero-order chi connectivity index (χ0) is 16.3. The van der Waals surface area contributed by atoms with Gasteiger partial charge in [0.15, 0.2) is 0 Å². The van der Waals surface area contributed by atoms with Crippen LogP contribution in [-0.4, -0.2) is 30.6 Å². The van der Waals surface area contributed by atoms with Crippen molar-refractivity contribution in [3.8, 4) is 11.5 Å². The van der Waals surface area contributed by atoms with Crippen LogP contribution in [0.25, 0.3) is 0 Å². The van der Waals surface area contributed by atoms with Crippen LogP contribution in [0.5, 0.6) is 11.5 Å².